The Morgan fingerprint density at radius 2 is 2.19 bits per heavy atom. The van der Waals surface area contributed by atoms with Crippen LogP contribution < -0.4 is 10.6 Å². The summed E-state index contributed by atoms with van der Waals surface area (Å²) < 4.78 is 0. The Morgan fingerprint density at radius 1 is 1.48 bits per heavy atom. The van der Waals surface area contributed by atoms with Crippen LogP contribution in [-0.4, -0.2) is 28.6 Å². The maximum absolute atomic E-state index is 11.4. The molecule has 21 heavy (non-hydrogen) atoms. The van der Waals surface area contributed by atoms with Crippen molar-refractivity contribution in [2.45, 2.75) is 32.7 Å². The normalized spacial score (nSPS) is 23.1. The van der Waals surface area contributed by atoms with E-state index in [2.05, 4.69) is 23.9 Å². The molecule has 0 radical (unpaired) electrons. The number of amidine groups is 1. The highest BCUT2D eigenvalue weighted by Crippen LogP contribution is 2.34. The maximum Gasteiger partial charge on any atom is 0.293 e. The van der Waals surface area contributed by atoms with Crippen molar-refractivity contribution in [3.05, 3.63) is 33.9 Å². The number of nitrogens with two attached hydrogens (primary N) is 1. The van der Waals surface area contributed by atoms with E-state index in [-0.39, 0.29) is 17.6 Å². The zero-order valence-electron chi connectivity index (χ0n) is 12.2. The summed E-state index contributed by atoms with van der Waals surface area (Å²) in [6.07, 6.45) is 2.15. The van der Waals surface area contributed by atoms with Gasteiger partial charge in [-0.25, -0.2) is 0 Å². The molecule has 3 N–H and O–H groups in total. The topological polar surface area (TPSA) is 105 Å². The molecule has 0 saturated carbocycles. The SMILES string of the molecule is CC1CCC(C)N(c2ccc(C(N)=NO)cc2[N+](=O)[O-])C1. The van der Waals surface area contributed by atoms with Gasteiger partial charge in [-0.3, -0.25) is 10.1 Å². The standard InChI is InChI=1S/C14H20N4O3/c1-9-3-4-10(2)17(8-9)12-6-5-11(14(15)16-19)7-13(12)18(20)21/h5-7,9-10,19H,3-4,8H2,1-2H3,(H2,15,16). The smallest absolute Gasteiger partial charge is 0.293 e. The van der Waals surface area contributed by atoms with Gasteiger partial charge in [-0.05, 0) is 37.8 Å². The number of anilines is 1. The van der Waals surface area contributed by atoms with Crippen LogP contribution in [0.4, 0.5) is 11.4 Å². The molecule has 0 bridgehead atoms. The van der Waals surface area contributed by atoms with E-state index in [1.807, 2.05) is 0 Å². The van der Waals surface area contributed by atoms with E-state index in [1.54, 1.807) is 12.1 Å². The van der Waals surface area contributed by atoms with Crippen LogP contribution in [0, 0.1) is 16.0 Å². The molecule has 1 heterocycles. The van der Waals surface area contributed by atoms with E-state index >= 15 is 0 Å². The van der Waals surface area contributed by atoms with Crippen molar-refractivity contribution >= 4 is 17.2 Å². The Kier molecular flexibility index (Phi) is 4.30. The maximum atomic E-state index is 11.4. The van der Waals surface area contributed by atoms with Gasteiger partial charge in [0.1, 0.15) is 5.69 Å². The van der Waals surface area contributed by atoms with Gasteiger partial charge in [0, 0.05) is 24.2 Å². The Morgan fingerprint density at radius 3 is 2.81 bits per heavy atom. The summed E-state index contributed by atoms with van der Waals surface area (Å²) in [4.78, 5) is 13.0. The van der Waals surface area contributed by atoms with Crippen molar-refractivity contribution in [2.24, 2.45) is 16.8 Å². The third kappa shape index (κ3) is 3.07. The van der Waals surface area contributed by atoms with E-state index in [0.29, 0.717) is 17.2 Å². The van der Waals surface area contributed by atoms with E-state index < -0.39 is 4.92 Å². The molecule has 1 aliphatic rings. The number of oxime groups is 1. The van der Waals surface area contributed by atoms with Crippen molar-refractivity contribution in [1.82, 2.24) is 0 Å². The van der Waals surface area contributed by atoms with Gasteiger partial charge >= 0.3 is 0 Å². The van der Waals surface area contributed by atoms with Gasteiger partial charge in [0.2, 0.25) is 0 Å². The first-order valence-electron chi connectivity index (χ1n) is 6.97. The van der Waals surface area contributed by atoms with Crippen LogP contribution in [0.5, 0.6) is 0 Å². The molecule has 114 valence electrons. The number of nitrogens with zero attached hydrogens (tertiary/aromatic N) is 3. The average molecular weight is 292 g/mol. The molecule has 0 spiro atoms. The lowest BCUT2D eigenvalue weighted by Crippen LogP contribution is -2.41. The minimum absolute atomic E-state index is 0.0138. The van der Waals surface area contributed by atoms with Gasteiger partial charge in [0.25, 0.3) is 5.69 Å². The molecular weight excluding hydrogens is 272 g/mol. The third-order valence-electron chi connectivity index (χ3n) is 4.00. The quantitative estimate of drug-likeness (QED) is 0.292. The van der Waals surface area contributed by atoms with Crippen LogP contribution >= 0.6 is 0 Å². The molecule has 7 nitrogen and oxygen atoms in total. The average Bonchev–Trinajstić information content (AvgIpc) is 2.48. The molecule has 2 rings (SSSR count). The number of rotatable bonds is 3. The fourth-order valence-electron chi connectivity index (χ4n) is 2.75. The summed E-state index contributed by atoms with van der Waals surface area (Å²) in [5.41, 5.74) is 6.42. The number of benzene rings is 1. The predicted octanol–water partition coefficient (Wildman–Crippen LogP) is 2.31. The molecule has 7 heteroatoms. The molecule has 1 aromatic carbocycles. The summed E-state index contributed by atoms with van der Waals surface area (Å²) >= 11 is 0. The van der Waals surface area contributed by atoms with E-state index in [9.17, 15) is 10.1 Å². The summed E-state index contributed by atoms with van der Waals surface area (Å²) in [7, 11) is 0. The Bertz CT molecular complexity index is 573. The van der Waals surface area contributed by atoms with Crippen LogP contribution in [0.15, 0.2) is 23.4 Å². The van der Waals surface area contributed by atoms with Gasteiger partial charge in [-0.15, -0.1) is 0 Å². The van der Waals surface area contributed by atoms with Crippen LogP contribution in [0.2, 0.25) is 0 Å². The Labute approximate surface area is 123 Å². The molecule has 0 amide bonds. The van der Waals surface area contributed by atoms with E-state index in [0.717, 1.165) is 19.4 Å². The minimum Gasteiger partial charge on any atom is -0.409 e. The molecule has 1 aromatic rings. The summed E-state index contributed by atoms with van der Waals surface area (Å²) in [5.74, 6) is 0.370. The summed E-state index contributed by atoms with van der Waals surface area (Å²) in [5, 5.41) is 22.9. The lowest BCUT2D eigenvalue weighted by molar-refractivity contribution is -0.384. The third-order valence-corrected chi connectivity index (χ3v) is 4.00. The van der Waals surface area contributed by atoms with Crippen LogP contribution in [0.3, 0.4) is 0 Å². The fourth-order valence-corrected chi connectivity index (χ4v) is 2.75. The van der Waals surface area contributed by atoms with Crippen LogP contribution in [0.25, 0.3) is 0 Å². The summed E-state index contributed by atoms with van der Waals surface area (Å²) in [6.45, 7) is 5.02. The van der Waals surface area contributed by atoms with Crippen LogP contribution in [0.1, 0.15) is 32.3 Å². The number of hydrogen-bond acceptors (Lipinski definition) is 5. The van der Waals surface area contributed by atoms with E-state index in [4.69, 9.17) is 10.9 Å². The lowest BCUT2D eigenvalue weighted by atomic mass is 9.94. The first-order valence-corrected chi connectivity index (χ1v) is 6.97. The lowest BCUT2D eigenvalue weighted by Gasteiger charge is -2.38. The van der Waals surface area contributed by atoms with Gasteiger partial charge in [0.05, 0.1) is 4.92 Å². The molecule has 1 saturated heterocycles. The van der Waals surface area contributed by atoms with Crippen molar-refractivity contribution in [2.75, 3.05) is 11.4 Å². The Balaban J connectivity index is 2.45. The molecule has 0 aliphatic carbocycles. The highest BCUT2D eigenvalue weighted by molar-refractivity contribution is 5.98. The second-order valence-corrected chi connectivity index (χ2v) is 5.63. The second kappa shape index (κ2) is 5.99. The van der Waals surface area contributed by atoms with Crippen molar-refractivity contribution < 1.29 is 10.1 Å². The van der Waals surface area contributed by atoms with Crippen molar-refractivity contribution in [3.63, 3.8) is 0 Å². The van der Waals surface area contributed by atoms with Crippen LogP contribution in [-0.2, 0) is 0 Å². The molecule has 1 aliphatic heterocycles. The van der Waals surface area contributed by atoms with Crippen molar-refractivity contribution in [3.8, 4) is 0 Å². The largest absolute Gasteiger partial charge is 0.409 e. The number of nitro groups is 1. The van der Waals surface area contributed by atoms with Gasteiger partial charge in [-0.2, -0.15) is 0 Å². The fraction of sp³-hybridized carbons (Fsp3) is 0.500. The highest BCUT2D eigenvalue weighted by Gasteiger charge is 2.28. The first kappa shape index (κ1) is 15.1. The minimum atomic E-state index is -0.421. The van der Waals surface area contributed by atoms with Crippen molar-refractivity contribution in [1.29, 1.82) is 0 Å². The monoisotopic (exact) mass is 292 g/mol. The molecule has 2 unspecified atom stereocenters. The predicted molar refractivity (Wildman–Crippen MR) is 80.8 cm³/mol. The number of nitro benzene ring substituents is 1. The molecule has 0 aromatic heterocycles. The van der Waals surface area contributed by atoms with E-state index in [1.165, 1.54) is 6.07 Å². The zero-order valence-corrected chi connectivity index (χ0v) is 12.2. The molecule has 2 atom stereocenters. The zero-order chi connectivity index (χ0) is 15.6. The van der Waals surface area contributed by atoms with Gasteiger partial charge in [0.15, 0.2) is 5.84 Å². The Hall–Kier alpha value is -2.31. The van der Waals surface area contributed by atoms with Gasteiger partial charge < -0.3 is 15.8 Å². The number of piperidine rings is 1. The summed E-state index contributed by atoms with van der Waals surface area (Å²) in [6, 6.07) is 4.94. The molecular formula is C14H20N4O3. The molecule has 1 fully saturated rings. The highest BCUT2D eigenvalue weighted by atomic mass is 16.6. The van der Waals surface area contributed by atoms with Gasteiger partial charge in [-0.1, -0.05) is 12.1 Å². The second-order valence-electron chi connectivity index (χ2n) is 5.63. The number of hydrogen-bond donors (Lipinski definition) is 2. The first-order chi connectivity index (χ1) is 9.93.